The molecule has 0 fully saturated rings. The van der Waals surface area contributed by atoms with E-state index in [-0.39, 0.29) is 0 Å². The lowest BCUT2D eigenvalue weighted by molar-refractivity contribution is 1.18. The Hall–Kier alpha value is -3.85. The van der Waals surface area contributed by atoms with Gasteiger partial charge >= 0.3 is 0 Å². The highest BCUT2D eigenvalue weighted by Gasteiger charge is 2.12. The van der Waals surface area contributed by atoms with Gasteiger partial charge in [0.1, 0.15) is 0 Å². The highest BCUT2D eigenvalue weighted by Crippen LogP contribution is 2.31. The molecular weight excluding hydrogens is 342 g/mol. The highest BCUT2D eigenvalue weighted by atomic mass is 15.0. The standard InChI is InChI=1S/C25H19N3/c26-22-10-4-1-9-21(22)25(27)17-13-15-18(16-14-17)28-23-11-5-2-7-19(23)20-8-3-6-12-24(20)28/h1-16,27H,26H2. The summed E-state index contributed by atoms with van der Waals surface area (Å²) in [6.07, 6.45) is 0. The quantitative estimate of drug-likeness (QED) is 0.310. The first-order valence-corrected chi connectivity index (χ1v) is 9.26. The predicted octanol–water partition coefficient (Wildman–Crippen LogP) is 5.78. The van der Waals surface area contributed by atoms with Crippen LogP contribution in [0.2, 0.25) is 0 Å². The van der Waals surface area contributed by atoms with Crippen LogP contribution in [0.4, 0.5) is 5.69 Å². The monoisotopic (exact) mass is 361 g/mol. The number of nitrogens with two attached hydrogens (primary N) is 1. The molecule has 0 saturated carbocycles. The van der Waals surface area contributed by atoms with Crippen molar-refractivity contribution in [1.82, 2.24) is 4.57 Å². The maximum absolute atomic E-state index is 8.53. The van der Waals surface area contributed by atoms with Gasteiger partial charge in [-0.2, -0.15) is 0 Å². The summed E-state index contributed by atoms with van der Waals surface area (Å²) in [5, 5.41) is 11.0. The van der Waals surface area contributed by atoms with Gasteiger partial charge in [0.15, 0.2) is 0 Å². The summed E-state index contributed by atoms with van der Waals surface area (Å²) < 4.78 is 2.27. The molecule has 0 aliphatic heterocycles. The Labute approximate surface area is 163 Å². The number of nitrogens with one attached hydrogen (secondary N) is 1. The van der Waals surface area contributed by atoms with Crippen molar-refractivity contribution in [2.75, 3.05) is 5.73 Å². The molecule has 0 spiro atoms. The van der Waals surface area contributed by atoms with Crippen LogP contribution in [0.25, 0.3) is 27.5 Å². The molecule has 3 N–H and O–H groups in total. The molecule has 3 nitrogen and oxygen atoms in total. The van der Waals surface area contributed by atoms with Crippen LogP contribution in [0.5, 0.6) is 0 Å². The number of nitrogen functional groups attached to an aromatic ring is 1. The Morgan fingerprint density at radius 3 is 1.79 bits per heavy atom. The molecule has 0 unspecified atom stereocenters. The van der Waals surface area contributed by atoms with Crippen LogP contribution in [0.15, 0.2) is 97.1 Å². The van der Waals surface area contributed by atoms with E-state index in [1.54, 1.807) is 0 Å². The highest BCUT2D eigenvalue weighted by molar-refractivity contribution is 6.14. The molecule has 0 bridgehead atoms. The summed E-state index contributed by atoms with van der Waals surface area (Å²) >= 11 is 0. The van der Waals surface area contributed by atoms with E-state index in [1.165, 1.54) is 21.8 Å². The van der Waals surface area contributed by atoms with Crippen molar-refractivity contribution in [3.8, 4) is 5.69 Å². The van der Waals surface area contributed by atoms with Crippen molar-refractivity contribution in [2.45, 2.75) is 0 Å². The zero-order valence-corrected chi connectivity index (χ0v) is 15.3. The first-order valence-electron chi connectivity index (χ1n) is 9.26. The van der Waals surface area contributed by atoms with E-state index in [0.29, 0.717) is 11.4 Å². The fraction of sp³-hybridized carbons (Fsp3) is 0. The Kier molecular flexibility index (Phi) is 3.73. The van der Waals surface area contributed by atoms with Crippen molar-refractivity contribution >= 4 is 33.2 Å². The average Bonchev–Trinajstić information content (AvgIpc) is 3.08. The zero-order valence-electron chi connectivity index (χ0n) is 15.3. The van der Waals surface area contributed by atoms with E-state index in [4.69, 9.17) is 11.1 Å². The summed E-state index contributed by atoms with van der Waals surface area (Å²) in [5.41, 5.74) is 12.2. The van der Waals surface area contributed by atoms with Crippen molar-refractivity contribution in [3.63, 3.8) is 0 Å². The van der Waals surface area contributed by atoms with Gasteiger partial charge in [-0.25, -0.2) is 0 Å². The van der Waals surface area contributed by atoms with Crippen LogP contribution >= 0.6 is 0 Å². The van der Waals surface area contributed by atoms with E-state index < -0.39 is 0 Å². The van der Waals surface area contributed by atoms with Gasteiger partial charge in [-0.15, -0.1) is 0 Å². The number of para-hydroxylation sites is 3. The second-order valence-electron chi connectivity index (χ2n) is 6.88. The van der Waals surface area contributed by atoms with Gasteiger partial charge in [-0.3, -0.25) is 5.41 Å². The second kappa shape index (κ2) is 6.39. The number of fused-ring (bicyclic) bond motifs is 3. The first kappa shape index (κ1) is 16.3. The third kappa shape index (κ3) is 2.48. The molecule has 0 aliphatic rings. The van der Waals surface area contributed by atoms with Crippen LogP contribution in [0.1, 0.15) is 11.1 Å². The van der Waals surface area contributed by atoms with Crippen molar-refractivity contribution < 1.29 is 0 Å². The lowest BCUT2D eigenvalue weighted by Crippen LogP contribution is -2.05. The summed E-state index contributed by atoms with van der Waals surface area (Å²) in [4.78, 5) is 0. The fourth-order valence-electron chi connectivity index (χ4n) is 3.86. The van der Waals surface area contributed by atoms with E-state index in [0.717, 1.165) is 16.8 Å². The fourth-order valence-corrected chi connectivity index (χ4v) is 3.86. The molecule has 1 aromatic heterocycles. The molecular formula is C25H19N3. The number of hydrogen-bond donors (Lipinski definition) is 2. The second-order valence-corrected chi connectivity index (χ2v) is 6.88. The normalized spacial score (nSPS) is 11.1. The number of anilines is 1. The van der Waals surface area contributed by atoms with E-state index in [1.807, 2.05) is 36.4 Å². The van der Waals surface area contributed by atoms with E-state index >= 15 is 0 Å². The molecule has 4 aromatic carbocycles. The van der Waals surface area contributed by atoms with Gasteiger partial charge in [-0.05, 0) is 30.3 Å². The molecule has 0 saturated heterocycles. The molecule has 0 amide bonds. The number of aromatic nitrogens is 1. The number of nitrogens with zero attached hydrogens (tertiary/aromatic N) is 1. The molecule has 134 valence electrons. The number of rotatable bonds is 3. The van der Waals surface area contributed by atoms with Crippen molar-refractivity contribution in [2.24, 2.45) is 0 Å². The van der Waals surface area contributed by atoms with Crippen LogP contribution in [0, 0.1) is 5.41 Å². The van der Waals surface area contributed by atoms with Crippen LogP contribution < -0.4 is 5.73 Å². The minimum atomic E-state index is 0.437. The number of benzene rings is 4. The third-order valence-electron chi connectivity index (χ3n) is 5.22. The Bertz CT molecular complexity index is 1270. The van der Waals surface area contributed by atoms with E-state index in [2.05, 4.69) is 65.2 Å². The van der Waals surface area contributed by atoms with Crippen LogP contribution in [-0.2, 0) is 0 Å². The Morgan fingerprint density at radius 2 is 1.18 bits per heavy atom. The van der Waals surface area contributed by atoms with Gasteiger partial charge in [-0.1, -0.05) is 66.7 Å². The molecule has 0 radical (unpaired) electrons. The van der Waals surface area contributed by atoms with Crippen LogP contribution in [-0.4, -0.2) is 10.3 Å². The van der Waals surface area contributed by atoms with Gasteiger partial charge < -0.3 is 10.3 Å². The largest absolute Gasteiger partial charge is 0.398 e. The van der Waals surface area contributed by atoms with E-state index in [9.17, 15) is 0 Å². The molecule has 5 aromatic rings. The van der Waals surface area contributed by atoms with Gasteiger partial charge in [0.2, 0.25) is 0 Å². The predicted molar refractivity (Wildman–Crippen MR) is 118 cm³/mol. The molecule has 0 atom stereocenters. The lowest BCUT2D eigenvalue weighted by Gasteiger charge is -2.11. The van der Waals surface area contributed by atoms with Crippen molar-refractivity contribution in [3.05, 3.63) is 108 Å². The molecule has 5 rings (SSSR count). The maximum atomic E-state index is 8.53. The molecule has 3 heteroatoms. The summed E-state index contributed by atoms with van der Waals surface area (Å²) in [5.74, 6) is 0. The summed E-state index contributed by atoms with van der Waals surface area (Å²) in [6.45, 7) is 0. The minimum Gasteiger partial charge on any atom is -0.398 e. The summed E-state index contributed by atoms with van der Waals surface area (Å²) in [6, 6.07) is 32.6. The first-order chi connectivity index (χ1) is 13.7. The minimum absolute atomic E-state index is 0.437. The SMILES string of the molecule is N=C(c1ccc(-n2c3ccccc3c3ccccc32)cc1)c1ccccc1N. The Balaban J connectivity index is 1.64. The Morgan fingerprint density at radius 1 is 0.643 bits per heavy atom. The zero-order chi connectivity index (χ0) is 19.1. The van der Waals surface area contributed by atoms with Crippen molar-refractivity contribution in [1.29, 1.82) is 5.41 Å². The molecule has 1 heterocycles. The molecule has 0 aliphatic carbocycles. The average molecular weight is 361 g/mol. The van der Waals surface area contributed by atoms with Gasteiger partial charge in [0.25, 0.3) is 0 Å². The number of hydrogen-bond acceptors (Lipinski definition) is 2. The summed E-state index contributed by atoms with van der Waals surface area (Å²) in [7, 11) is 0. The maximum Gasteiger partial charge on any atom is 0.0705 e. The van der Waals surface area contributed by atoms with Gasteiger partial charge in [0, 0.05) is 33.3 Å². The topological polar surface area (TPSA) is 54.8 Å². The van der Waals surface area contributed by atoms with Crippen LogP contribution in [0.3, 0.4) is 0 Å². The molecule has 28 heavy (non-hydrogen) atoms. The lowest BCUT2D eigenvalue weighted by atomic mass is 10.0. The smallest absolute Gasteiger partial charge is 0.0705 e. The third-order valence-corrected chi connectivity index (χ3v) is 5.22. The van der Waals surface area contributed by atoms with Gasteiger partial charge in [0.05, 0.1) is 16.7 Å².